The summed E-state index contributed by atoms with van der Waals surface area (Å²) in [5.74, 6) is 0.142. The normalized spacial score (nSPS) is 27.7. The third-order valence-corrected chi connectivity index (χ3v) is 5.32. The van der Waals surface area contributed by atoms with Crippen LogP contribution in [0.2, 0.25) is 5.02 Å². The summed E-state index contributed by atoms with van der Waals surface area (Å²) in [5, 5.41) is 4.36. The number of carbonyl (C=O) groups is 1. The van der Waals surface area contributed by atoms with Crippen molar-refractivity contribution in [3.05, 3.63) is 34.3 Å². The average molecular weight is 307 g/mol. The summed E-state index contributed by atoms with van der Waals surface area (Å²) < 4.78 is 0. The van der Waals surface area contributed by atoms with Gasteiger partial charge in [-0.3, -0.25) is 4.79 Å². The molecule has 114 valence electrons. The Morgan fingerprint density at radius 1 is 1.33 bits per heavy atom. The second kappa shape index (κ2) is 5.98. The molecule has 2 saturated heterocycles. The lowest BCUT2D eigenvalue weighted by atomic mass is 9.97. The van der Waals surface area contributed by atoms with Gasteiger partial charge in [-0.05, 0) is 63.3 Å². The van der Waals surface area contributed by atoms with E-state index >= 15 is 0 Å². The van der Waals surface area contributed by atoms with Crippen molar-refractivity contribution in [2.75, 3.05) is 6.54 Å². The lowest BCUT2D eigenvalue weighted by Gasteiger charge is -2.37. The minimum atomic E-state index is 0.142. The Balaban J connectivity index is 1.79. The first-order valence-electron chi connectivity index (χ1n) is 7.91. The van der Waals surface area contributed by atoms with Gasteiger partial charge in [0.1, 0.15) is 0 Å². The van der Waals surface area contributed by atoms with Crippen molar-refractivity contribution in [3.8, 4) is 0 Å². The molecule has 1 aromatic carbocycles. The molecule has 2 aliphatic rings. The van der Waals surface area contributed by atoms with Crippen LogP contribution >= 0.6 is 11.6 Å². The van der Waals surface area contributed by atoms with Gasteiger partial charge < -0.3 is 10.2 Å². The van der Waals surface area contributed by atoms with Crippen LogP contribution in [-0.2, 0) is 0 Å². The first-order chi connectivity index (χ1) is 10.1. The van der Waals surface area contributed by atoms with E-state index in [9.17, 15) is 4.79 Å². The van der Waals surface area contributed by atoms with Gasteiger partial charge in [-0.25, -0.2) is 0 Å². The maximum atomic E-state index is 12.8. The van der Waals surface area contributed by atoms with E-state index in [1.165, 1.54) is 12.8 Å². The van der Waals surface area contributed by atoms with Crippen LogP contribution in [0.4, 0.5) is 0 Å². The molecule has 2 unspecified atom stereocenters. The molecule has 0 radical (unpaired) electrons. The van der Waals surface area contributed by atoms with Gasteiger partial charge >= 0.3 is 0 Å². The maximum Gasteiger partial charge on any atom is 0.254 e. The zero-order chi connectivity index (χ0) is 15.0. The molecule has 2 aliphatic heterocycles. The van der Waals surface area contributed by atoms with E-state index in [0.717, 1.165) is 35.5 Å². The Hall–Kier alpha value is -1.06. The van der Waals surface area contributed by atoms with Crippen LogP contribution in [0.15, 0.2) is 18.2 Å². The van der Waals surface area contributed by atoms with E-state index < -0.39 is 0 Å². The number of piperidine rings is 1. The van der Waals surface area contributed by atoms with Gasteiger partial charge in [0, 0.05) is 35.3 Å². The summed E-state index contributed by atoms with van der Waals surface area (Å²) in [7, 11) is 0. The smallest absolute Gasteiger partial charge is 0.254 e. The number of nitrogens with zero attached hydrogens (tertiary/aromatic N) is 1. The fraction of sp³-hybridized carbons (Fsp3) is 0.588. The second-order valence-corrected chi connectivity index (χ2v) is 6.73. The number of rotatable bonds is 3. The number of hydrogen-bond donors (Lipinski definition) is 1. The van der Waals surface area contributed by atoms with E-state index in [-0.39, 0.29) is 5.91 Å². The van der Waals surface area contributed by atoms with E-state index in [1.54, 1.807) is 0 Å². The second-order valence-electron chi connectivity index (χ2n) is 6.32. The molecule has 1 amide bonds. The number of aryl methyl sites for hydroxylation is 1. The summed E-state index contributed by atoms with van der Waals surface area (Å²) in [4.78, 5) is 14.9. The molecular formula is C17H23ClN2O. The van der Waals surface area contributed by atoms with Crippen molar-refractivity contribution in [2.45, 2.75) is 57.7 Å². The molecular weight excluding hydrogens is 284 g/mol. The van der Waals surface area contributed by atoms with Crippen LogP contribution in [0.1, 0.15) is 48.5 Å². The number of carbonyl (C=O) groups excluding carboxylic acids is 1. The summed E-state index contributed by atoms with van der Waals surface area (Å²) in [6.07, 6.45) is 4.69. The molecule has 0 saturated carbocycles. The van der Waals surface area contributed by atoms with Gasteiger partial charge in [-0.2, -0.15) is 0 Å². The van der Waals surface area contributed by atoms with E-state index in [1.807, 2.05) is 25.1 Å². The minimum absolute atomic E-state index is 0.142. The molecule has 2 atom stereocenters. The van der Waals surface area contributed by atoms with E-state index in [0.29, 0.717) is 18.1 Å². The van der Waals surface area contributed by atoms with Crippen molar-refractivity contribution in [1.29, 1.82) is 0 Å². The highest BCUT2D eigenvalue weighted by molar-refractivity contribution is 6.31. The van der Waals surface area contributed by atoms with Crippen LogP contribution in [0.5, 0.6) is 0 Å². The van der Waals surface area contributed by atoms with Gasteiger partial charge in [0.25, 0.3) is 5.91 Å². The van der Waals surface area contributed by atoms with Gasteiger partial charge in [-0.15, -0.1) is 0 Å². The van der Waals surface area contributed by atoms with E-state index in [2.05, 4.69) is 17.1 Å². The summed E-state index contributed by atoms with van der Waals surface area (Å²) >= 11 is 6.06. The predicted molar refractivity (Wildman–Crippen MR) is 85.9 cm³/mol. The van der Waals surface area contributed by atoms with Crippen molar-refractivity contribution in [1.82, 2.24) is 10.2 Å². The lowest BCUT2D eigenvalue weighted by molar-refractivity contribution is 0.0631. The van der Waals surface area contributed by atoms with Crippen LogP contribution in [0.3, 0.4) is 0 Å². The lowest BCUT2D eigenvalue weighted by Crippen LogP contribution is -2.50. The summed E-state index contributed by atoms with van der Waals surface area (Å²) in [6.45, 7) is 4.79. The van der Waals surface area contributed by atoms with Crippen LogP contribution in [0, 0.1) is 6.92 Å². The number of benzene rings is 1. The quantitative estimate of drug-likeness (QED) is 0.928. The monoisotopic (exact) mass is 306 g/mol. The highest BCUT2D eigenvalue weighted by Gasteiger charge is 2.37. The molecule has 0 spiro atoms. The third kappa shape index (κ3) is 2.95. The first kappa shape index (κ1) is 14.9. The Morgan fingerprint density at radius 2 is 2.00 bits per heavy atom. The highest BCUT2D eigenvalue weighted by atomic mass is 35.5. The van der Waals surface area contributed by atoms with Crippen LogP contribution in [0.25, 0.3) is 0 Å². The topological polar surface area (TPSA) is 32.3 Å². The maximum absolute atomic E-state index is 12.8. The Kier molecular flexibility index (Phi) is 4.23. The van der Waals surface area contributed by atoms with Crippen molar-refractivity contribution < 1.29 is 4.79 Å². The number of fused-ring (bicyclic) bond motifs is 2. The average Bonchev–Trinajstić information content (AvgIpc) is 2.81. The van der Waals surface area contributed by atoms with Crippen molar-refractivity contribution in [3.63, 3.8) is 0 Å². The Morgan fingerprint density at radius 3 is 2.57 bits per heavy atom. The molecule has 4 heteroatoms. The Labute approximate surface area is 131 Å². The van der Waals surface area contributed by atoms with Crippen molar-refractivity contribution in [2.24, 2.45) is 0 Å². The molecule has 1 aromatic rings. The number of nitrogens with one attached hydrogen (secondary N) is 1. The zero-order valence-electron chi connectivity index (χ0n) is 12.7. The highest BCUT2D eigenvalue weighted by Crippen LogP contribution is 2.30. The van der Waals surface area contributed by atoms with Gasteiger partial charge in [-0.1, -0.05) is 11.6 Å². The minimum Gasteiger partial charge on any atom is -0.336 e. The van der Waals surface area contributed by atoms with Gasteiger partial charge in [0.15, 0.2) is 0 Å². The molecule has 3 rings (SSSR count). The third-order valence-electron chi connectivity index (χ3n) is 4.90. The number of amides is 1. The van der Waals surface area contributed by atoms with Crippen LogP contribution in [-0.4, -0.2) is 35.5 Å². The number of hydrogen-bond acceptors (Lipinski definition) is 2. The molecule has 2 fully saturated rings. The largest absolute Gasteiger partial charge is 0.336 e. The molecule has 2 bridgehead atoms. The molecule has 1 N–H and O–H groups in total. The first-order valence-corrected chi connectivity index (χ1v) is 8.29. The Bertz CT molecular complexity index is 534. The SMILES string of the molecule is CCN(C(=O)c1ccc(Cl)c(C)c1)C1CC2CCC(C1)N2. The summed E-state index contributed by atoms with van der Waals surface area (Å²) in [6, 6.07) is 7.14. The summed E-state index contributed by atoms with van der Waals surface area (Å²) in [5.41, 5.74) is 1.72. The van der Waals surface area contributed by atoms with Gasteiger partial charge in [0.2, 0.25) is 0 Å². The fourth-order valence-electron chi connectivity index (χ4n) is 3.79. The number of halogens is 1. The van der Waals surface area contributed by atoms with Gasteiger partial charge in [0.05, 0.1) is 0 Å². The molecule has 0 aliphatic carbocycles. The zero-order valence-corrected chi connectivity index (χ0v) is 13.5. The molecule has 0 aromatic heterocycles. The molecule has 3 nitrogen and oxygen atoms in total. The van der Waals surface area contributed by atoms with Crippen molar-refractivity contribution >= 4 is 17.5 Å². The molecule has 2 heterocycles. The standard InChI is InChI=1S/C17H23ClN2O/c1-3-20(15-9-13-5-6-14(10-15)19-13)17(21)12-4-7-16(18)11(2)8-12/h4,7-8,13-15,19H,3,5-6,9-10H2,1-2H3. The fourth-order valence-corrected chi connectivity index (χ4v) is 3.91. The van der Waals surface area contributed by atoms with Crippen LogP contribution < -0.4 is 5.32 Å². The van der Waals surface area contributed by atoms with E-state index in [4.69, 9.17) is 11.6 Å². The predicted octanol–water partition coefficient (Wildman–Crippen LogP) is 3.39. The molecule has 21 heavy (non-hydrogen) atoms.